The van der Waals surface area contributed by atoms with E-state index in [0.29, 0.717) is 14.5 Å². The van der Waals surface area contributed by atoms with Gasteiger partial charge in [0.05, 0.1) is 45.3 Å². The maximum Gasteiger partial charge on any atom is 0.260 e. The van der Waals surface area contributed by atoms with Gasteiger partial charge in [0, 0.05) is 20.6 Å². The third-order valence-electron chi connectivity index (χ3n) is 7.67. The van der Waals surface area contributed by atoms with E-state index in [4.69, 9.17) is 4.74 Å². The molecule has 1 aromatic carbocycles. The first-order valence-corrected chi connectivity index (χ1v) is 12.8. The zero-order chi connectivity index (χ0) is 28.8. The van der Waals surface area contributed by atoms with Crippen molar-refractivity contribution in [2.75, 3.05) is 14.2 Å². The second kappa shape index (κ2) is 8.48. The molecule has 0 unspecified atom stereocenters. The van der Waals surface area contributed by atoms with E-state index in [2.05, 4.69) is 15.0 Å². The van der Waals surface area contributed by atoms with Crippen LogP contribution in [0.5, 0.6) is 11.5 Å². The monoisotopic (exact) mass is 656 g/mol. The number of phenolic OH excluding ortho intramolecular Hbond substituents is 1. The van der Waals surface area contributed by atoms with Crippen molar-refractivity contribution >= 4 is 51.1 Å². The first-order valence-electron chi connectivity index (χ1n) is 11.7. The molecule has 0 saturated carbocycles. The van der Waals surface area contributed by atoms with Gasteiger partial charge in [-0.15, -0.1) is 0 Å². The van der Waals surface area contributed by atoms with Gasteiger partial charge in [-0.2, -0.15) is 0 Å². The van der Waals surface area contributed by atoms with E-state index in [9.17, 15) is 39.3 Å². The number of rotatable bonds is 3. The second-order valence-electron chi connectivity index (χ2n) is 9.44. The van der Waals surface area contributed by atoms with Crippen LogP contribution in [0.1, 0.15) is 23.2 Å². The fourth-order valence-corrected chi connectivity index (χ4v) is 6.96. The summed E-state index contributed by atoms with van der Waals surface area (Å²) in [4.78, 5) is 73.1. The number of aliphatic hydroxyl groups excluding tert-OH is 2. The molecule has 12 nitrogen and oxygen atoms in total. The quantitative estimate of drug-likeness (QED) is 0.122. The van der Waals surface area contributed by atoms with Crippen LogP contribution in [-0.2, 0) is 16.7 Å². The number of nitrogens with zero attached hydrogens (tertiary/aromatic N) is 1. The first kappa shape index (κ1) is 25.7. The molecule has 1 aromatic heterocycles. The standard InChI is InChI=1S/C27H17IN2O10/c1-39-12-6-11(31)14-15(20(12)32)22(34)17-16(21(14)33)24(36)27(25(17)37)4-3-9-18(27)23(35)13-10(19(9)28)5-8(7-29-40-2)30-26(13)38/h5-7,35-37H,3-4H2,1-2H3,(H,30,38)/t27-/m0/s1. The van der Waals surface area contributed by atoms with E-state index < -0.39 is 76.6 Å². The lowest BCUT2D eigenvalue weighted by Gasteiger charge is -2.27. The number of halogens is 1. The third kappa shape index (κ3) is 2.94. The van der Waals surface area contributed by atoms with Crippen molar-refractivity contribution in [3.8, 4) is 11.5 Å². The lowest BCUT2D eigenvalue weighted by Crippen LogP contribution is -2.51. The van der Waals surface area contributed by atoms with Gasteiger partial charge in [-0.1, -0.05) is 5.16 Å². The van der Waals surface area contributed by atoms with Gasteiger partial charge >= 0.3 is 0 Å². The highest BCUT2D eigenvalue weighted by atomic mass is 127. The van der Waals surface area contributed by atoms with Gasteiger partial charge < -0.3 is 29.9 Å². The van der Waals surface area contributed by atoms with Crippen LogP contribution in [-0.4, -0.2) is 40.7 Å². The van der Waals surface area contributed by atoms with Gasteiger partial charge in [-0.05, 0) is 47.1 Å². The summed E-state index contributed by atoms with van der Waals surface area (Å²) >= 11 is 1.98. The van der Waals surface area contributed by atoms with E-state index >= 15 is 0 Å². The van der Waals surface area contributed by atoms with Crippen molar-refractivity contribution in [1.29, 1.82) is 0 Å². The molecule has 1 atom stereocenters. The molecule has 4 aliphatic carbocycles. The van der Waals surface area contributed by atoms with Crippen LogP contribution in [0.2, 0.25) is 0 Å². The number of nitrogens with one attached hydrogen (secondary N) is 1. The smallest absolute Gasteiger partial charge is 0.260 e. The van der Waals surface area contributed by atoms with Crippen molar-refractivity contribution in [2.45, 2.75) is 18.3 Å². The molecule has 0 aliphatic heterocycles. The number of phenols is 1. The first-order chi connectivity index (χ1) is 19.0. The number of hydrogen-bond acceptors (Lipinski definition) is 11. The Morgan fingerprint density at radius 1 is 0.950 bits per heavy atom. The summed E-state index contributed by atoms with van der Waals surface area (Å²) in [5.74, 6) is -2.53. The van der Waals surface area contributed by atoms with Gasteiger partial charge in [-0.3, -0.25) is 24.0 Å². The summed E-state index contributed by atoms with van der Waals surface area (Å²) in [5.41, 5.74) is -6.18. The molecule has 1 heterocycles. The number of aromatic amines is 1. The normalized spacial score (nSPS) is 17.9. The molecule has 0 saturated heterocycles. The predicted octanol–water partition coefficient (Wildman–Crippen LogP) is -0.901. The van der Waals surface area contributed by atoms with Gasteiger partial charge in [0.15, 0.2) is 11.2 Å². The van der Waals surface area contributed by atoms with Crippen LogP contribution in [0, 0.1) is 14.0 Å². The Kier molecular flexibility index (Phi) is 5.46. The van der Waals surface area contributed by atoms with Crippen LogP contribution in [0.3, 0.4) is 0 Å². The largest absolute Gasteiger partial charge is 0.510 e. The molecule has 1 spiro atoms. The van der Waals surface area contributed by atoms with E-state index in [0.717, 1.165) is 13.2 Å². The molecule has 40 heavy (non-hydrogen) atoms. The SMILES string of the molecule is CON=Cc1cc2c(I)c3c(c(O)c2c(=O)[nH]1)[C@@]1(CC3)C(O)=c2c(=O)c3c(=O)cc(OC)c(=O)c=3c(=O)c2=C1O. The number of oxime groups is 1. The van der Waals surface area contributed by atoms with Crippen LogP contribution in [0.25, 0.3) is 22.3 Å². The number of ether oxygens (including phenoxy) is 1. The van der Waals surface area contributed by atoms with Crippen molar-refractivity contribution in [3.63, 3.8) is 0 Å². The van der Waals surface area contributed by atoms with Gasteiger partial charge in [0.1, 0.15) is 29.8 Å². The van der Waals surface area contributed by atoms with Crippen molar-refractivity contribution in [1.82, 2.24) is 4.98 Å². The molecule has 4 aliphatic rings. The fraction of sp³-hybridized carbons (Fsp3) is 0.185. The van der Waals surface area contributed by atoms with Crippen LogP contribution in [0.15, 0.2) is 41.3 Å². The van der Waals surface area contributed by atoms with E-state index in [1.807, 2.05) is 22.6 Å². The molecule has 2 aromatic rings. The summed E-state index contributed by atoms with van der Waals surface area (Å²) in [6.07, 6.45) is 1.36. The molecule has 0 fully saturated rings. The second-order valence-corrected chi connectivity index (χ2v) is 10.5. The molecular formula is C27H17IN2O10. The van der Waals surface area contributed by atoms with Gasteiger partial charge in [0.25, 0.3) is 5.56 Å². The average Bonchev–Trinajstić information content (AvgIpc) is 3.43. The molecule has 0 amide bonds. The summed E-state index contributed by atoms with van der Waals surface area (Å²) in [5, 5.41) is 35.6. The van der Waals surface area contributed by atoms with Crippen molar-refractivity contribution in [2.24, 2.45) is 5.16 Å². The van der Waals surface area contributed by atoms with Crippen molar-refractivity contribution in [3.05, 3.63) is 105 Å². The minimum atomic E-state index is -1.97. The minimum Gasteiger partial charge on any atom is -0.510 e. The number of hydrogen-bond donors (Lipinski definition) is 4. The maximum atomic E-state index is 13.6. The highest BCUT2D eigenvalue weighted by molar-refractivity contribution is 14.1. The molecule has 0 bridgehead atoms. The lowest BCUT2D eigenvalue weighted by atomic mass is 9.78. The number of pyridine rings is 1. The Bertz CT molecular complexity index is 2350. The molecule has 4 N–H and O–H groups in total. The highest BCUT2D eigenvalue weighted by Gasteiger charge is 2.53. The minimum absolute atomic E-state index is 0.0514. The lowest BCUT2D eigenvalue weighted by molar-refractivity contribution is 0.215. The number of H-pyrrole nitrogens is 1. The van der Waals surface area contributed by atoms with Gasteiger partial charge in [-0.25, -0.2) is 0 Å². The summed E-state index contributed by atoms with van der Waals surface area (Å²) < 4.78 is 5.41. The number of methoxy groups -OCH3 is 1. The van der Waals surface area contributed by atoms with E-state index in [1.165, 1.54) is 13.3 Å². The fourth-order valence-electron chi connectivity index (χ4n) is 5.99. The molecule has 13 heteroatoms. The molecular weight excluding hydrogens is 639 g/mol. The number of aromatic hydroxyl groups is 1. The summed E-state index contributed by atoms with van der Waals surface area (Å²) in [7, 11) is 2.45. The highest BCUT2D eigenvalue weighted by Crippen LogP contribution is 2.55. The van der Waals surface area contributed by atoms with Gasteiger partial charge in [0.2, 0.25) is 16.3 Å². The Labute approximate surface area is 234 Å². The zero-order valence-electron chi connectivity index (χ0n) is 20.7. The predicted molar refractivity (Wildman–Crippen MR) is 151 cm³/mol. The molecule has 202 valence electrons. The number of aliphatic hydroxyl groups is 2. The van der Waals surface area contributed by atoms with Crippen LogP contribution in [0.4, 0.5) is 0 Å². The topological polar surface area (TPSA) is 193 Å². The van der Waals surface area contributed by atoms with E-state index in [-0.39, 0.29) is 29.5 Å². The Morgan fingerprint density at radius 3 is 2.23 bits per heavy atom. The number of fused-ring (bicyclic) bond motifs is 4. The van der Waals surface area contributed by atoms with Crippen molar-refractivity contribution < 1.29 is 24.9 Å². The van der Waals surface area contributed by atoms with Crippen LogP contribution >= 0.6 is 22.6 Å². The summed E-state index contributed by atoms with van der Waals surface area (Å²) in [6.45, 7) is 0. The molecule has 6 rings (SSSR count). The number of aromatic nitrogens is 1. The summed E-state index contributed by atoms with van der Waals surface area (Å²) in [6, 6.07) is 2.35. The third-order valence-corrected chi connectivity index (χ3v) is 8.91. The molecule has 0 radical (unpaired) electrons. The Morgan fingerprint density at radius 2 is 1.60 bits per heavy atom. The average molecular weight is 656 g/mol. The number of benzene rings is 1. The Hall–Kier alpha value is -4.53. The zero-order valence-corrected chi connectivity index (χ0v) is 22.8. The maximum absolute atomic E-state index is 13.6. The van der Waals surface area contributed by atoms with Crippen LogP contribution < -0.4 is 42.4 Å². The Balaban J connectivity index is 1.80. The van der Waals surface area contributed by atoms with E-state index in [1.54, 1.807) is 6.07 Å².